The van der Waals surface area contributed by atoms with Crippen molar-refractivity contribution in [3.8, 4) is 11.8 Å². The van der Waals surface area contributed by atoms with E-state index in [1.807, 2.05) is 0 Å². The van der Waals surface area contributed by atoms with E-state index in [1.165, 1.54) is 46.2 Å². The Morgan fingerprint density at radius 2 is 0.915 bits per heavy atom. The van der Waals surface area contributed by atoms with E-state index in [-0.39, 0.29) is 0 Å². The Morgan fingerprint density at radius 1 is 0.489 bits per heavy atom. The molecule has 0 N–H and O–H groups in total. The van der Waals surface area contributed by atoms with Crippen LogP contribution in [0.25, 0.3) is 16.9 Å². The second-order valence-corrected chi connectivity index (χ2v) is 13.8. The van der Waals surface area contributed by atoms with Gasteiger partial charge in [0.25, 0.3) is 0 Å². The van der Waals surface area contributed by atoms with Crippen molar-refractivity contribution in [2.75, 3.05) is 0 Å². The number of hydrogen-bond acceptors (Lipinski definition) is 0. The zero-order valence-corrected chi connectivity index (χ0v) is 31.6. The van der Waals surface area contributed by atoms with Crippen molar-refractivity contribution in [3.63, 3.8) is 0 Å². The second kappa shape index (κ2) is 20.4. The first kappa shape index (κ1) is 38.5. The van der Waals surface area contributed by atoms with Gasteiger partial charge in [-0.05, 0) is 115 Å². The summed E-state index contributed by atoms with van der Waals surface area (Å²) < 4.78 is 1.57. The van der Waals surface area contributed by atoms with Gasteiger partial charge in [-0.1, -0.05) is 125 Å². The molecule has 0 amide bonds. The van der Waals surface area contributed by atoms with Gasteiger partial charge in [0.05, 0.1) is 0 Å². The topological polar surface area (TPSA) is 25.3 Å². The molecule has 0 fully saturated rings. The third kappa shape index (κ3) is 9.81. The number of allylic oxidation sites excluding steroid dienone is 2. The van der Waals surface area contributed by atoms with Gasteiger partial charge in [-0.25, -0.2) is 4.70 Å². The van der Waals surface area contributed by atoms with Crippen molar-refractivity contribution in [1.82, 2.24) is 0 Å². The van der Waals surface area contributed by atoms with E-state index in [4.69, 9.17) is 0 Å². The fourth-order valence-electron chi connectivity index (χ4n) is 7.50. The molecular formula is C45H66N2. The summed E-state index contributed by atoms with van der Waals surface area (Å²) in [5.74, 6) is 7.28. The highest BCUT2D eigenvalue weighted by Gasteiger charge is 2.36. The standard InChI is InChI=1S/C45H66N2/c1-9-17-19-20-21-29-43-42(28-18-10-2)44(38-30-34(22-11-3)40(26-15-7)35(31-38)23-12-4)47(46)45(43)39-32-36(24-13-5)41(27-16-8)37(33-39)25-14-6/h30-33H,9-20,22-28H2,1-8H3. The largest absolute Gasteiger partial charge is 0.493 e. The molecule has 256 valence electrons. The lowest BCUT2D eigenvalue weighted by Crippen LogP contribution is -2.08. The molecule has 1 aliphatic heterocycles. The third-order valence-corrected chi connectivity index (χ3v) is 9.64. The Balaban J connectivity index is 2.38. The van der Waals surface area contributed by atoms with Gasteiger partial charge in [-0.15, -0.1) is 0 Å². The zero-order chi connectivity index (χ0) is 34.2. The fourth-order valence-corrected chi connectivity index (χ4v) is 7.50. The molecule has 0 saturated heterocycles. The summed E-state index contributed by atoms with van der Waals surface area (Å²) in [4.78, 5) is 0. The maximum Gasteiger partial charge on any atom is 0.223 e. The van der Waals surface area contributed by atoms with E-state index < -0.39 is 0 Å². The molecule has 3 rings (SSSR count). The van der Waals surface area contributed by atoms with Gasteiger partial charge in [0.1, 0.15) is 5.57 Å². The number of rotatable bonds is 20. The molecule has 2 aromatic rings. The van der Waals surface area contributed by atoms with E-state index in [2.05, 4.69) is 91.5 Å². The van der Waals surface area contributed by atoms with Gasteiger partial charge in [0.15, 0.2) is 0 Å². The summed E-state index contributed by atoms with van der Waals surface area (Å²) in [5.41, 5.74) is 27.9. The van der Waals surface area contributed by atoms with Gasteiger partial charge >= 0.3 is 0 Å². The van der Waals surface area contributed by atoms with Crippen LogP contribution in [0.15, 0.2) is 35.4 Å². The van der Waals surface area contributed by atoms with Crippen LogP contribution in [0.5, 0.6) is 0 Å². The first-order valence-corrected chi connectivity index (χ1v) is 19.7. The lowest BCUT2D eigenvalue weighted by molar-refractivity contribution is -0.345. The Kier molecular flexibility index (Phi) is 16.8. The lowest BCUT2D eigenvalue weighted by Gasteiger charge is -2.19. The Bertz CT molecular complexity index is 1400. The number of unbranched alkanes of at least 4 members (excludes halogenated alkanes) is 4. The van der Waals surface area contributed by atoms with Crippen LogP contribution in [0.1, 0.15) is 183 Å². The van der Waals surface area contributed by atoms with Crippen LogP contribution in [0.2, 0.25) is 0 Å². The van der Waals surface area contributed by atoms with E-state index in [0.29, 0.717) is 0 Å². The lowest BCUT2D eigenvalue weighted by atomic mass is 9.87. The highest BCUT2D eigenvalue weighted by Crippen LogP contribution is 2.44. The van der Waals surface area contributed by atoms with E-state index in [0.717, 1.165) is 137 Å². The van der Waals surface area contributed by atoms with Crippen LogP contribution in [0, 0.1) is 11.8 Å². The highest BCUT2D eigenvalue weighted by molar-refractivity contribution is 5.86. The Hall–Kier alpha value is -2.92. The zero-order valence-electron chi connectivity index (χ0n) is 31.6. The first-order chi connectivity index (χ1) is 22.9. The number of nitrogens with zero attached hydrogens (tertiary/aromatic N) is 2. The molecule has 0 radical (unpaired) electrons. The molecule has 0 spiro atoms. The third-order valence-electron chi connectivity index (χ3n) is 9.64. The van der Waals surface area contributed by atoms with Crippen molar-refractivity contribution < 1.29 is 4.70 Å². The van der Waals surface area contributed by atoms with Crippen LogP contribution in [0.3, 0.4) is 0 Å². The molecule has 0 aromatic heterocycles. The first-order valence-electron chi connectivity index (χ1n) is 19.7. The predicted molar refractivity (Wildman–Crippen MR) is 206 cm³/mol. The number of hydrogen-bond donors (Lipinski definition) is 0. The quantitative estimate of drug-likeness (QED) is 0.0787. The fraction of sp³-hybridized carbons (Fsp3) is 0.600. The minimum absolute atomic E-state index is 0.900. The summed E-state index contributed by atoms with van der Waals surface area (Å²) in [6.45, 7) is 18.3. The molecule has 0 atom stereocenters. The van der Waals surface area contributed by atoms with Gasteiger partial charge in [0.2, 0.25) is 11.4 Å². The summed E-state index contributed by atoms with van der Waals surface area (Å²) >= 11 is 0. The minimum atomic E-state index is 0.900. The van der Waals surface area contributed by atoms with Crippen molar-refractivity contribution >= 4 is 11.4 Å². The second-order valence-electron chi connectivity index (χ2n) is 13.8. The SMILES string of the molecule is CCCCCC#CC1=C(c2cc(CCC)c(CCC)c(CCC)c2)[N+](=[N-])C(c2cc(CCC)c(CCC)c(CCC)c2)=C1CCCC. The van der Waals surface area contributed by atoms with Gasteiger partial charge in [-0.3, -0.25) is 0 Å². The maximum absolute atomic E-state index is 12.5. The van der Waals surface area contributed by atoms with Crippen LogP contribution < -0.4 is 0 Å². The number of aryl methyl sites for hydroxylation is 4. The summed E-state index contributed by atoms with van der Waals surface area (Å²) in [5, 5.41) is 0. The molecule has 1 aliphatic rings. The van der Waals surface area contributed by atoms with Gasteiger partial charge in [-0.2, -0.15) is 0 Å². The molecule has 0 aliphatic carbocycles. The molecule has 2 heteroatoms. The van der Waals surface area contributed by atoms with Crippen LogP contribution in [0.4, 0.5) is 0 Å². The van der Waals surface area contributed by atoms with E-state index >= 15 is 0 Å². The minimum Gasteiger partial charge on any atom is -0.493 e. The molecule has 2 nitrogen and oxygen atoms in total. The average molecular weight is 635 g/mol. The van der Waals surface area contributed by atoms with Crippen molar-refractivity contribution in [2.45, 2.75) is 177 Å². The van der Waals surface area contributed by atoms with E-state index in [1.54, 1.807) is 10.3 Å². The maximum atomic E-state index is 12.5. The molecule has 0 unspecified atom stereocenters. The van der Waals surface area contributed by atoms with Crippen LogP contribution in [-0.4, -0.2) is 4.70 Å². The smallest absolute Gasteiger partial charge is 0.223 e. The summed E-state index contributed by atoms with van der Waals surface area (Å²) in [6, 6.07) is 9.65. The van der Waals surface area contributed by atoms with Crippen molar-refractivity contribution in [1.29, 1.82) is 0 Å². The van der Waals surface area contributed by atoms with Crippen molar-refractivity contribution in [3.05, 3.63) is 85.5 Å². The molecule has 1 heterocycles. The normalized spacial score (nSPS) is 13.1. The number of benzene rings is 2. The molecule has 0 bridgehead atoms. The van der Waals surface area contributed by atoms with Crippen molar-refractivity contribution in [2.24, 2.45) is 0 Å². The van der Waals surface area contributed by atoms with E-state index in [9.17, 15) is 5.53 Å². The molecule has 0 saturated carbocycles. The van der Waals surface area contributed by atoms with Gasteiger partial charge in [0, 0.05) is 23.1 Å². The predicted octanol–water partition coefficient (Wildman–Crippen LogP) is 13.3. The highest BCUT2D eigenvalue weighted by atomic mass is 15.2. The van der Waals surface area contributed by atoms with Crippen LogP contribution in [-0.2, 0) is 38.5 Å². The molecule has 2 aromatic carbocycles. The molecular weight excluding hydrogens is 569 g/mol. The Morgan fingerprint density at radius 3 is 1.32 bits per heavy atom. The average Bonchev–Trinajstić information content (AvgIpc) is 3.33. The van der Waals surface area contributed by atoms with Gasteiger partial charge < -0.3 is 5.53 Å². The van der Waals surface area contributed by atoms with Crippen LogP contribution >= 0.6 is 0 Å². The summed E-state index contributed by atoms with van der Waals surface area (Å²) in [7, 11) is 0. The molecule has 47 heavy (non-hydrogen) atoms. The monoisotopic (exact) mass is 635 g/mol. The summed E-state index contributed by atoms with van der Waals surface area (Å²) in [6.07, 6.45) is 20.9. The Labute approximate surface area is 290 Å².